The molecule has 1 aromatic rings. The maximum atomic E-state index is 8.94. The number of aliphatic hydroxyl groups excluding tert-OH is 1. The Bertz CT molecular complexity index is 350. The van der Waals surface area contributed by atoms with Gasteiger partial charge in [0.15, 0.2) is 0 Å². The summed E-state index contributed by atoms with van der Waals surface area (Å²) in [6.07, 6.45) is 1.85. The van der Waals surface area contributed by atoms with Crippen LogP contribution in [0.25, 0.3) is 0 Å². The molecule has 0 aliphatic heterocycles. The fourth-order valence-corrected chi connectivity index (χ4v) is 1.65. The largest absolute Gasteiger partial charge is 0.399 e. The zero-order valence-corrected chi connectivity index (χ0v) is 9.82. The lowest BCUT2D eigenvalue weighted by molar-refractivity contribution is 0.203. The molecule has 1 rings (SSSR count). The highest BCUT2D eigenvalue weighted by molar-refractivity contribution is 5.47. The van der Waals surface area contributed by atoms with Crippen LogP contribution in [-0.4, -0.2) is 29.7 Å². The summed E-state index contributed by atoms with van der Waals surface area (Å²) in [6.45, 7) is 8.14. The second-order valence-electron chi connectivity index (χ2n) is 3.94. The number of nitrogen functional groups attached to an aromatic ring is 1. The van der Waals surface area contributed by atoms with E-state index < -0.39 is 0 Å². The third-order valence-electron chi connectivity index (χ3n) is 2.54. The molecule has 0 aliphatic carbocycles. The molecule has 3 nitrogen and oxygen atoms in total. The normalized spacial score (nSPS) is 10.7. The van der Waals surface area contributed by atoms with Crippen LogP contribution in [-0.2, 0) is 6.54 Å². The van der Waals surface area contributed by atoms with Gasteiger partial charge in [-0.2, -0.15) is 0 Å². The van der Waals surface area contributed by atoms with Crippen molar-refractivity contribution in [3.05, 3.63) is 42.0 Å². The number of aliphatic hydroxyl groups is 1. The van der Waals surface area contributed by atoms with Gasteiger partial charge in [0.1, 0.15) is 0 Å². The van der Waals surface area contributed by atoms with E-state index in [1.54, 1.807) is 0 Å². The first-order valence-corrected chi connectivity index (χ1v) is 5.46. The Hall–Kier alpha value is -1.32. The Balaban J connectivity index is 2.68. The number of hydrogen-bond acceptors (Lipinski definition) is 3. The maximum absolute atomic E-state index is 8.94. The van der Waals surface area contributed by atoms with Crippen molar-refractivity contribution in [1.29, 1.82) is 0 Å². The van der Waals surface area contributed by atoms with E-state index in [2.05, 4.69) is 17.5 Å². The Morgan fingerprint density at radius 3 is 2.81 bits per heavy atom. The van der Waals surface area contributed by atoms with E-state index in [-0.39, 0.29) is 6.61 Å². The van der Waals surface area contributed by atoms with Gasteiger partial charge in [-0.05, 0) is 24.1 Å². The monoisotopic (exact) mass is 220 g/mol. The summed E-state index contributed by atoms with van der Waals surface area (Å²) in [5.74, 6) is 0. The first-order chi connectivity index (χ1) is 7.67. The van der Waals surface area contributed by atoms with Crippen LogP contribution in [0.1, 0.15) is 11.1 Å². The number of benzene rings is 1. The molecule has 0 amide bonds. The smallest absolute Gasteiger partial charge is 0.0558 e. The minimum absolute atomic E-state index is 0.168. The fourth-order valence-electron chi connectivity index (χ4n) is 1.65. The van der Waals surface area contributed by atoms with Crippen LogP contribution in [0.2, 0.25) is 0 Å². The zero-order chi connectivity index (χ0) is 12.0. The van der Waals surface area contributed by atoms with Crippen molar-refractivity contribution < 1.29 is 5.11 Å². The van der Waals surface area contributed by atoms with Gasteiger partial charge in [-0.25, -0.2) is 0 Å². The summed E-state index contributed by atoms with van der Waals surface area (Å²) >= 11 is 0. The van der Waals surface area contributed by atoms with Gasteiger partial charge in [0.05, 0.1) is 6.61 Å². The van der Waals surface area contributed by atoms with Crippen LogP contribution in [0.5, 0.6) is 0 Å². The van der Waals surface area contributed by atoms with Crippen molar-refractivity contribution in [3.63, 3.8) is 0 Å². The van der Waals surface area contributed by atoms with Gasteiger partial charge in [-0.15, -0.1) is 6.58 Å². The minimum Gasteiger partial charge on any atom is -0.399 e. The van der Waals surface area contributed by atoms with Crippen LogP contribution in [0, 0.1) is 6.92 Å². The molecular formula is C13H20N2O. The molecular weight excluding hydrogens is 200 g/mol. The Labute approximate surface area is 97.2 Å². The SMILES string of the molecule is C=CCN(CCO)Cc1ccc(N)c(C)c1. The average molecular weight is 220 g/mol. The van der Waals surface area contributed by atoms with Gasteiger partial charge in [0.2, 0.25) is 0 Å². The van der Waals surface area contributed by atoms with Crippen molar-refractivity contribution in [2.45, 2.75) is 13.5 Å². The zero-order valence-electron chi connectivity index (χ0n) is 9.82. The summed E-state index contributed by atoms with van der Waals surface area (Å²) in [5, 5.41) is 8.94. The van der Waals surface area contributed by atoms with Crippen molar-refractivity contribution in [3.8, 4) is 0 Å². The van der Waals surface area contributed by atoms with E-state index in [4.69, 9.17) is 10.8 Å². The van der Waals surface area contributed by atoms with E-state index >= 15 is 0 Å². The minimum atomic E-state index is 0.168. The number of hydrogen-bond donors (Lipinski definition) is 2. The molecule has 0 aliphatic rings. The second-order valence-corrected chi connectivity index (χ2v) is 3.94. The van der Waals surface area contributed by atoms with Crippen LogP contribution in [0.3, 0.4) is 0 Å². The van der Waals surface area contributed by atoms with E-state index in [1.165, 1.54) is 5.56 Å². The molecule has 3 N–H and O–H groups in total. The molecule has 0 atom stereocenters. The molecule has 0 aromatic heterocycles. The van der Waals surface area contributed by atoms with Gasteiger partial charge in [0.25, 0.3) is 0 Å². The lowest BCUT2D eigenvalue weighted by Crippen LogP contribution is -2.26. The van der Waals surface area contributed by atoms with Gasteiger partial charge in [-0.1, -0.05) is 18.2 Å². The summed E-state index contributed by atoms with van der Waals surface area (Å²) in [5.41, 5.74) is 8.90. The Morgan fingerprint density at radius 1 is 1.50 bits per heavy atom. The Kier molecular flexibility index (Phi) is 5.02. The highest BCUT2D eigenvalue weighted by Crippen LogP contribution is 2.14. The van der Waals surface area contributed by atoms with E-state index in [1.807, 2.05) is 25.1 Å². The summed E-state index contributed by atoms with van der Waals surface area (Å²) in [7, 11) is 0. The maximum Gasteiger partial charge on any atom is 0.0558 e. The van der Waals surface area contributed by atoms with Crippen LogP contribution in [0.15, 0.2) is 30.9 Å². The molecule has 1 aromatic carbocycles. The second kappa shape index (κ2) is 6.30. The molecule has 3 heteroatoms. The van der Waals surface area contributed by atoms with Crippen LogP contribution in [0.4, 0.5) is 5.69 Å². The van der Waals surface area contributed by atoms with E-state index in [0.717, 1.165) is 24.3 Å². The van der Waals surface area contributed by atoms with E-state index in [0.29, 0.717) is 6.54 Å². The predicted molar refractivity (Wildman–Crippen MR) is 68.2 cm³/mol. The molecule has 0 fully saturated rings. The molecule has 0 saturated carbocycles. The molecule has 0 spiro atoms. The van der Waals surface area contributed by atoms with Crippen molar-refractivity contribution in [1.82, 2.24) is 4.90 Å². The van der Waals surface area contributed by atoms with Crippen LogP contribution < -0.4 is 5.73 Å². The number of nitrogens with zero attached hydrogens (tertiary/aromatic N) is 1. The molecule has 16 heavy (non-hydrogen) atoms. The molecule has 0 saturated heterocycles. The van der Waals surface area contributed by atoms with Gasteiger partial charge in [-0.3, -0.25) is 4.90 Å². The summed E-state index contributed by atoms with van der Waals surface area (Å²) in [6, 6.07) is 6.04. The number of aryl methyl sites for hydroxylation is 1. The van der Waals surface area contributed by atoms with Gasteiger partial charge < -0.3 is 10.8 Å². The number of nitrogens with two attached hydrogens (primary N) is 1. The standard InChI is InChI=1S/C13H20N2O/c1-3-6-15(7-8-16)10-12-4-5-13(14)11(2)9-12/h3-5,9,16H,1,6-8,10,14H2,2H3. The van der Waals surface area contributed by atoms with Crippen LogP contribution >= 0.6 is 0 Å². The summed E-state index contributed by atoms with van der Waals surface area (Å²) < 4.78 is 0. The van der Waals surface area contributed by atoms with Crippen molar-refractivity contribution in [2.24, 2.45) is 0 Å². The first-order valence-electron chi connectivity index (χ1n) is 5.46. The lowest BCUT2D eigenvalue weighted by atomic mass is 10.1. The highest BCUT2D eigenvalue weighted by atomic mass is 16.3. The predicted octanol–water partition coefficient (Wildman–Crippen LogP) is 1.56. The van der Waals surface area contributed by atoms with Crippen molar-refractivity contribution in [2.75, 3.05) is 25.4 Å². The molecule has 0 heterocycles. The molecule has 0 bridgehead atoms. The third kappa shape index (κ3) is 3.68. The fraction of sp³-hybridized carbons (Fsp3) is 0.385. The number of anilines is 1. The lowest BCUT2D eigenvalue weighted by Gasteiger charge is -2.19. The van der Waals surface area contributed by atoms with Crippen molar-refractivity contribution >= 4 is 5.69 Å². The highest BCUT2D eigenvalue weighted by Gasteiger charge is 2.04. The average Bonchev–Trinajstić information content (AvgIpc) is 2.24. The molecule has 0 radical (unpaired) electrons. The Morgan fingerprint density at radius 2 is 2.25 bits per heavy atom. The molecule has 88 valence electrons. The third-order valence-corrected chi connectivity index (χ3v) is 2.54. The summed E-state index contributed by atoms with van der Waals surface area (Å²) in [4.78, 5) is 2.14. The van der Waals surface area contributed by atoms with Gasteiger partial charge in [0, 0.05) is 25.3 Å². The van der Waals surface area contributed by atoms with E-state index in [9.17, 15) is 0 Å². The van der Waals surface area contributed by atoms with Gasteiger partial charge >= 0.3 is 0 Å². The quantitative estimate of drug-likeness (QED) is 0.565. The molecule has 0 unspecified atom stereocenters. The topological polar surface area (TPSA) is 49.5 Å². The first kappa shape index (κ1) is 12.7. The number of rotatable bonds is 6.